The Labute approximate surface area is 165 Å². The minimum absolute atomic E-state index is 0.142. The lowest BCUT2D eigenvalue weighted by Crippen LogP contribution is -2.49. The predicted molar refractivity (Wildman–Crippen MR) is 103 cm³/mol. The van der Waals surface area contributed by atoms with Gasteiger partial charge in [0.25, 0.3) is 0 Å². The number of hydrogen-bond donors (Lipinski definition) is 0. The average Bonchev–Trinajstić information content (AvgIpc) is 2.59. The second kappa shape index (κ2) is 9.37. The topological polar surface area (TPSA) is 72.0 Å². The minimum Gasteiger partial charge on any atom is -0.461 e. The third-order valence-corrected chi connectivity index (χ3v) is 4.25. The molecule has 0 aliphatic carbocycles. The van der Waals surface area contributed by atoms with E-state index in [1.54, 1.807) is 17.2 Å². The molecule has 0 spiro atoms. The third-order valence-electron chi connectivity index (χ3n) is 3.96. The summed E-state index contributed by atoms with van der Waals surface area (Å²) < 4.78 is 10.5. The van der Waals surface area contributed by atoms with Gasteiger partial charge in [0.15, 0.2) is 5.69 Å². The van der Waals surface area contributed by atoms with E-state index in [1.807, 2.05) is 27.7 Å². The van der Waals surface area contributed by atoms with Gasteiger partial charge in [-0.3, -0.25) is 4.90 Å². The predicted octanol–water partition coefficient (Wildman–Crippen LogP) is 3.35. The molecule has 1 fully saturated rings. The first kappa shape index (κ1) is 21.4. The van der Waals surface area contributed by atoms with Crippen LogP contribution in [0.25, 0.3) is 0 Å². The SMILES string of the molecule is CCCOC(=O)c1ncc(CN2CCN(C(=O)OC(C)(C)C)CC2)cc1Cl. The zero-order valence-corrected chi connectivity index (χ0v) is 17.2. The third kappa shape index (κ3) is 6.66. The van der Waals surface area contributed by atoms with Crippen molar-refractivity contribution in [1.82, 2.24) is 14.8 Å². The summed E-state index contributed by atoms with van der Waals surface area (Å²) in [7, 11) is 0. The van der Waals surface area contributed by atoms with Gasteiger partial charge in [0.1, 0.15) is 5.60 Å². The van der Waals surface area contributed by atoms with Gasteiger partial charge in [-0.2, -0.15) is 0 Å². The Hall–Kier alpha value is -1.86. The van der Waals surface area contributed by atoms with E-state index in [4.69, 9.17) is 21.1 Å². The number of halogens is 1. The van der Waals surface area contributed by atoms with Crippen LogP contribution in [0.2, 0.25) is 5.02 Å². The highest BCUT2D eigenvalue weighted by atomic mass is 35.5. The molecule has 7 nitrogen and oxygen atoms in total. The van der Waals surface area contributed by atoms with Crippen LogP contribution in [-0.2, 0) is 16.0 Å². The normalized spacial score (nSPS) is 15.5. The summed E-state index contributed by atoms with van der Waals surface area (Å²) in [5, 5.41) is 0.293. The fourth-order valence-electron chi connectivity index (χ4n) is 2.65. The smallest absolute Gasteiger partial charge is 0.410 e. The highest BCUT2D eigenvalue weighted by molar-refractivity contribution is 6.33. The molecule has 0 unspecified atom stereocenters. The highest BCUT2D eigenvalue weighted by Crippen LogP contribution is 2.19. The van der Waals surface area contributed by atoms with Crippen LogP contribution in [-0.4, -0.2) is 65.2 Å². The molecule has 1 aliphatic heterocycles. The molecule has 0 radical (unpaired) electrons. The molecular weight excluding hydrogens is 370 g/mol. The second-order valence-electron chi connectivity index (χ2n) is 7.55. The summed E-state index contributed by atoms with van der Waals surface area (Å²) in [6.45, 7) is 11.2. The standard InChI is InChI=1S/C19H28ClN3O4/c1-5-10-26-17(24)16-15(20)11-14(12-21-16)13-22-6-8-23(9-7-22)18(25)27-19(2,3)4/h11-12H,5-10,13H2,1-4H3. The molecule has 150 valence electrons. The van der Waals surface area contributed by atoms with Crippen LogP contribution in [0.3, 0.4) is 0 Å². The maximum absolute atomic E-state index is 12.1. The largest absolute Gasteiger partial charge is 0.461 e. The summed E-state index contributed by atoms with van der Waals surface area (Å²) in [6.07, 6.45) is 2.12. The first-order valence-corrected chi connectivity index (χ1v) is 9.59. The molecule has 1 amide bonds. The molecule has 1 saturated heterocycles. The number of ether oxygens (including phenoxy) is 2. The number of pyridine rings is 1. The van der Waals surface area contributed by atoms with Gasteiger partial charge in [-0.05, 0) is 38.8 Å². The van der Waals surface area contributed by atoms with Crippen molar-refractivity contribution in [3.8, 4) is 0 Å². The quantitative estimate of drug-likeness (QED) is 0.709. The Bertz CT molecular complexity index is 667. The van der Waals surface area contributed by atoms with Crippen molar-refractivity contribution in [3.05, 3.63) is 28.5 Å². The first-order valence-electron chi connectivity index (χ1n) is 9.21. The number of esters is 1. The van der Waals surface area contributed by atoms with E-state index in [9.17, 15) is 9.59 Å². The molecule has 2 heterocycles. The molecular formula is C19H28ClN3O4. The van der Waals surface area contributed by atoms with Gasteiger partial charge in [0, 0.05) is 38.9 Å². The van der Waals surface area contributed by atoms with Gasteiger partial charge in [-0.25, -0.2) is 14.6 Å². The second-order valence-corrected chi connectivity index (χ2v) is 7.96. The molecule has 1 aromatic rings. The minimum atomic E-state index is -0.501. The number of carbonyl (C=O) groups excluding carboxylic acids is 2. The Morgan fingerprint density at radius 1 is 1.22 bits per heavy atom. The summed E-state index contributed by atoms with van der Waals surface area (Å²) >= 11 is 6.20. The van der Waals surface area contributed by atoms with Gasteiger partial charge in [0.05, 0.1) is 11.6 Å². The fraction of sp³-hybridized carbons (Fsp3) is 0.632. The van der Waals surface area contributed by atoms with Crippen molar-refractivity contribution >= 4 is 23.7 Å². The van der Waals surface area contributed by atoms with Crippen LogP contribution in [0.5, 0.6) is 0 Å². The van der Waals surface area contributed by atoms with Crippen LogP contribution < -0.4 is 0 Å². The van der Waals surface area contributed by atoms with Crippen LogP contribution >= 0.6 is 11.6 Å². The van der Waals surface area contributed by atoms with Gasteiger partial charge in [-0.1, -0.05) is 18.5 Å². The van der Waals surface area contributed by atoms with E-state index in [0.717, 1.165) is 25.1 Å². The summed E-state index contributed by atoms with van der Waals surface area (Å²) in [5.41, 5.74) is 0.567. The molecule has 1 aliphatic rings. The van der Waals surface area contributed by atoms with Crippen molar-refractivity contribution in [2.24, 2.45) is 0 Å². The Balaban J connectivity index is 1.87. The number of amides is 1. The molecule has 1 aromatic heterocycles. The summed E-state index contributed by atoms with van der Waals surface area (Å²) in [5.74, 6) is -0.501. The number of nitrogens with zero attached hydrogens (tertiary/aromatic N) is 3. The Morgan fingerprint density at radius 2 is 1.89 bits per heavy atom. The van der Waals surface area contributed by atoms with Crippen molar-refractivity contribution in [2.45, 2.75) is 46.3 Å². The lowest BCUT2D eigenvalue weighted by molar-refractivity contribution is 0.0139. The number of carbonyl (C=O) groups is 2. The van der Waals surface area contributed by atoms with Crippen LogP contribution in [0, 0.1) is 0 Å². The molecule has 8 heteroatoms. The molecule has 27 heavy (non-hydrogen) atoms. The van der Waals surface area contributed by atoms with E-state index in [-0.39, 0.29) is 11.8 Å². The van der Waals surface area contributed by atoms with Crippen molar-refractivity contribution in [2.75, 3.05) is 32.8 Å². The van der Waals surface area contributed by atoms with Crippen molar-refractivity contribution in [3.63, 3.8) is 0 Å². The maximum Gasteiger partial charge on any atom is 0.410 e. The Kier molecular flexibility index (Phi) is 7.44. The lowest BCUT2D eigenvalue weighted by atomic mass is 10.2. The first-order chi connectivity index (χ1) is 12.7. The monoisotopic (exact) mass is 397 g/mol. The zero-order chi connectivity index (χ0) is 20.0. The van der Waals surface area contributed by atoms with E-state index in [1.165, 1.54) is 0 Å². The molecule has 0 atom stereocenters. The molecule has 0 N–H and O–H groups in total. The highest BCUT2D eigenvalue weighted by Gasteiger charge is 2.26. The summed E-state index contributed by atoms with van der Waals surface area (Å²) in [4.78, 5) is 32.1. The molecule has 0 saturated carbocycles. The lowest BCUT2D eigenvalue weighted by Gasteiger charge is -2.35. The maximum atomic E-state index is 12.1. The summed E-state index contributed by atoms with van der Waals surface area (Å²) in [6, 6.07) is 1.75. The van der Waals surface area contributed by atoms with Crippen LogP contribution in [0.4, 0.5) is 4.79 Å². The number of piperazine rings is 1. The average molecular weight is 398 g/mol. The van der Waals surface area contributed by atoms with E-state index in [2.05, 4.69) is 9.88 Å². The van der Waals surface area contributed by atoms with Gasteiger partial charge >= 0.3 is 12.1 Å². The molecule has 2 rings (SSSR count). The van der Waals surface area contributed by atoms with E-state index < -0.39 is 11.6 Å². The number of hydrogen-bond acceptors (Lipinski definition) is 6. The van der Waals surface area contributed by atoms with Gasteiger partial charge < -0.3 is 14.4 Å². The van der Waals surface area contributed by atoms with Crippen LogP contribution in [0.1, 0.15) is 50.2 Å². The molecule has 0 bridgehead atoms. The fourth-order valence-corrected chi connectivity index (χ4v) is 2.92. The van der Waals surface area contributed by atoms with Crippen LogP contribution in [0.15, 0.2) is 12.3 Å². The number of aromatic nitrogens is 1. The van der Waals surface area contributed by atoms with Gasteiger partial charge in [-0.15, -0.1) is 0 Å². The molecule has 0 aromatic carbocycles. The van der Waals surface area contributed by atoms with Gasteiger partial charge in [0.2, 0.25) is 0 Å². The Morgan fingerprint density at radius 3 is 2.44 bits per heavy atom. The van der Waals surface area contributed by atoms with E-state index in [0.29, 0.717) is 31.3 Å². The van der Waals surface area contributed by atoms with E-state index >= 15 is 0 Å². The zero-order valence-electron chi connectivity index (χ0n) is 16.5. The van der Waals surface area contributed by atoms with Crippen molar-refractivity contribution in [1.29, 1.82) is 0 Å². The van der Waals surface area contributed by atoms with Crippen molar-refractivity contribution < 1.29 is 19.1 Å². The number of rotatable bonds is 5.